The zero-order valence-corrected chi connectivity index (χ0v) is 20.3. The highest BCUT2D eigenvalue weighted by atomic mass is 32.2. The van der Waals surface area contributed by atoms with Crippen molar-refractivity contribution in [2.45, 2.75) is 51.6 Å². The maximum absolute atomic E-state index is 14.8. The molecule has 0 saturated carbocycles. The molecule has 0 aliphatic heterocycles. The molecule has 4 rings (SSSR count). The Morgan fingerprint density at radius 1 is 1.15 bits per heavy atom. The van der Waals surface area contributed by atoms with Crippen molar-refractivity contribution in [1.29, 1.82) is 0 Å². The minimum absolute atomic E-state index is 0.118. The van der Waals surface area contributed by atoms with Gasteiger partial charge in [-0.25, -0.2) is 21.9 Å². The third-order valence-electron chi connectivity index (χ3n) is 6.49. The van der Waals surface area contributed by atoms with Crippen molar-refractivity contribution in [2.75, 3.05) is 6.26 Å². The molecule has 3 aromatic rings. The number of nitrogens with one attached hydrogen (secondary N) is 1. The number of fused-ring (bicyclic) bond motifs is 1. The summed E-state index contributed by atoms with van der Waals surface area (Å²) >= 11 is 0. The summed E-state index contributed by atoms with van der Waals surface area (Å²) in [6.45, 7) is 3.92. The van der Waals surface area contributed by atoms with E-state index in [9.17, 15) is 22.0 Å². The maximum Gasteiger partial charge on any atom is 0.254 e. The summed E-state index contributed by atoms with van der Waals surface area (Å²) in [6, 6.07) is 10.9. The smallest absolute Gasteiger partial charge is 0.254 e. The van der Waals surface area contributed by atoms with Gasteiger partial charge in [-0.05, 0) is 73.6 Å². The molecule has 1 N–H and O–H groups in total. The number of hydrogen-bond donors (Lipinski definition) is 1. The molecule has 1 heterocycles. The second-order valence-electron chi connectivity index (χ2n) is 8.98. The van der Waals surface area contributed by atoms with E-state index < -0.39 is 27.7 Å². The number of nitrogens with zero attached hydrogens (tertiary/aromatic N) is 1. The van der Waals surface area contributed by atoms with Crippen LogP contribution in [0.1, 0.15) is 41.5 Å². The molecule has 34 heavy (non-hydrogen) atoms. The van der Waals surface area contributed by atoms with E-state index in [2.05, 4.69) is 4.72 Å². The third kappa shape index (κ3) is 4.98. The van der Waals surface area contributed by atoms with E-state index in [1.165, 1.54) is 13.0 Å². The van der Waals surface area contributed by atoms with Crippen molar-refractivity contribution >= 4 is 10.0 Å². The second kappa shape index (κ2) is 9.43. The van der Waals surface area contributed by atoms with E-state index in [0.29, 0.717) is 36.9 Å². The fourth-order valence-corrected chi connectivity index (χ4v) is 5.75. The molecular formula is C26H28F2N2O3S. The first-order valence-corrected chi connectivity index (χ1v) is 13.2. The average molecular weight is 487 g/mol. The number of pyridine rings is 1. The molecule has 1 aliphatic rings. The van der Waals surface area contributed by atoms with Gasteiger partial charge in [-0.2, -0.15) is 0 Å². The lowest BCUT2D eigenvalue weighted by atomic mass is 9.77. The molecule has 0 bridgehead atoms. The zero-order valence-electron chi connectivity index (χ0n) is 19.4. The quantitative estimate of drug-likeness (QED) is 0.565. The molecule has 0 radical (unpaired) electrons. The van der Waals surface area contributed by atoms with Crippen LogP contribution in [-0.4, -0.2) is 25.3 Å². The van der Waals surface area contributed by atoms with Crippen LogP contribution in [0.3, 0.4) is 0 Å². The van der Waals surface area contributed by atoms with E-state index in [1.807, 2.05) is 19.1 Å². The molecule has 0 saturated heterocycles. The van der Waals surface area contributed by atoms with Gasteiger partial charge in [0.15, 0.2) is 0 Å². The average Bonchev–Trinajstić information content (AvgIpc) is 2.77. The SMILES string of the molecule is CCn1ccc2c(c1=O)C(Cc1cccc(-c3cc(F)cc(C)c3F)c1)C(NS(C)(=O)=O)CC2. The van der Waals surface area contributed by atoms with Gasteiger partial charge < -0.3 is 4.57 Å². The second-order valence-corrected chi connectivity index (χ2v) is 10.8. The van der Waals surface area contributed by atoms with Crippen LogP contribution in [0, 0.1) is 18.6 Å². The Bertz CT molecular complexity index is 1400. The summed E-state index contributed by atoms with van der Waals surface area (Å²) in [5.74, 6) is -1.39. The number of aryl methyl sites for hydroxylation is 3. The standard InChI is InChI=1S/C26H28F2N2O3S/c1-4-30-11-10-18-8-9-23(29-34(3,32)33)22(24(18)26(30)31)14-17-6-5-7-19(13-17)21-15-20(27)12-16(2)25(21)28/h5-7,10-13,15,22-23,29H,4,8-9,14H2,1-3H3. The van der Waals surface area contributed by atoms with Crippen molar-refractivity contribution in [3.63, 3.8) is 0 Å². The van der Waals surface area contributed by atoms with E-state index in [0.717, 1.165) is 23.4 Å². The summed E-state index contributed by atoms with van der Waals surface area (Å²) in [5.41, 5.74) is 3.15. The molecule has 0 amide bonds. The summed E-state index contributed by atoms with van der Waals surface area (Å²) in [5, 5.41) is 0. The highest BCUT2D eigenvalue weighted by Gasteiger charge is 2.34. The summed E-state index contributed by atoms with van der Waals surface area (Å²) in [4.78, 5) is 13.3. The molecule has 1 aromatic heterocycles. The fraction of sp³-hybridized carbons (Fsp3) is 0.346. The lowest BCUT2D eigenvalue weighted by Gasteiger charge is -2.33. The first-order valence-electron chi connectivity index (χ1n) is 11.3. The maximum atomic E-state index is 14.8. The van der Waals surface area contributed by atoms with E-state index in [-0.39, 0.29) is 22.6 Å². The van der Waals surface area contributed by atoms with E-state index in [1.54, 1.807) is 29.0 Å². The largest absolute Gasteiger partial charge is 0.316 e. The zero-order chi connectivity index (χ0) is 24.6. The fourth-order valence-electron chi connectivity index (χ4n) is 4.92. The molecule has 1 aliphatic carbocycles. The molecule has 2 unspecified atom stereocenters. The van der Waals surface area contributed by atoms with Gasteiger partial charge >= 0.3 is 0 Å². The number of hydrogen-bond acceptors (Lipinski definition) is 3. The molecule has 2 aromatic carbocycles. The molecule has 0 fully saturated rings. The van der Waals surface area contributed by atoms with Crippen LogP contribution in [-0.2, 0) is 29.4 Å². The van der Waals surface area contributed by atoms with Crippen LogP contribution in [0.15, 0.2) is 53.5 Å². The Kier molecular flexibility index (Phi) is 6.73. The molecule has 5 nitrogen and oxygen atoms in total. The first kappa shape index (κ1) is 24.3. The Morgan fingerprint density at radius 3 is 2.62 bits per heavy atom. The highest BCUT2D eigenvalue weighted by molar-refractivity contribution is 7.88. The van der Waals surface area contributed by atoms with Crippen LogP contribution in [0.25, 0.3) is 11.1 Å². The van der Waals surface area contributed by atoms with Crippen molar-refractivity contribution in [3.8, 4) is 11.1 Å². The minimum Gasteiger partial charge on any atom is -0.316 e. The van der Waals surface area contributed by atoms with Crippen molar-refractivity contribution < 1.29 is 17.2 Å². The van der Waals surface area contributed by atoms with Crippen molar-refractivity contribution in [1.82, 2.24) is 9.29 Å². The van der Waals surface area contributed by atoms with Crippen LogP contribution in [0.2, 0.25) is 0 Å². The highest BCUT2D eigenvalue weighted by Crippen LogP contribution is 2.34. The lowest BCUT2D eigenvalue weighted by molar-refractivity contribution is 0.424. The number of rotatable bonds is 6. The lowest BCUT2D eigenvalue weighted by Crippen LogP contribution is -2.45. The molecule has 0 spiro atoms. The van der Waals surface area contributed by atoms with Crippen LogP contribution in [0.4, 0.5) is 8.78 Å². The van der Waals surface area contributed by atoms with Crippen molar-refractivity contribution in [2.24, 2.45) is 0 Å². The van der Waals surface area contributed by atoms with Gasteiger partial charge in [0.2, 0.25) is 10.0 Å². The molecular weight excluding hydrogens is 458 g/mol. The number of aromatic nitrogens is 1. The normalized spacial score (nSPS) is 18.0. The Morgan fingerprint density at radius 2 is 1.91 bits per heavy atom. The van der Waals surface area contributed by atoms with E-state index >= 15 is 0 Å². The van der Waals surface area contributed by atoms with Gasteiger partial charge in [0, 0.05) is 35.8 Å². The van der Waals surface area contributed by atoms with Crippen LogP contribution in [0.5, 0.6) is 0 Å². The van der Waals surface area contributed by atoms with Crippen LogP contribution >= 0.6 is 0 Å². The van der Waals surface area contributed by atoms with Crippen molar-refractivity contribution in [3.05, 3.63) is 92.9 Å². The molecule has 2 atom stereocenters. The third-order valence-corrected chi connectivity index (χ3v) is 7.22. The van der Waals surface area contributed by atoms with Gasteiger partial charge in [0.25, 0.3) is 5.56 Å². The summed E-state index contributed by atoms with van der Waals surface area (Å²) < 4.78 is 57.3. The Hall–Kier alpha value is -2.84. The summed E-state index contributed by atoms with van der Waals surface area (Å²) in [6.07, 6.45) is 4.44. The van der Waals surface area contributed by atoms with Gasteiger partial charge in [-0.15, -0.1) is 0 Å². The number of sulfonamides is 1. The summed E-state index contributed by atoms with van der Waals surface area (Å²) in [7, 11) is -3.50. The van der Waals surface area contributed by atoms with E-state index in [4.69, 9.17) is 0 Å². The predicted octanol–water partition coefficient (Wildman–Crippen LogP) is 4.31. The number of benzene rings is 2. The molecule has 180 valence electrons. The number of halogens is 2. The Labute approximate surface area is 198 Å². The Balaban J connectivity index is 1.79. The topological polar surface area (TPSA) is 68.2 Å². The van der Waals surface area contributed by atoms with Gasteiger partial charge in [0.05, 0.1) is 6.26 Å². The van der Waals surface area contributed by atoms with Gasteiger partial charge in [-0.1, -0.05) is 24.3 Å². The first-order chi connectivity index (χ1) is 16.1. The van der Waals surface area contributed by atoms with Gasteiger partial charge in [-0.3, -0.25) is 4.79 Å². The molecule has 8 heteroatoms. The predicted molar refractivity (Wildman–Crippen MR) is 129 cm³/mol. The van der Waals surface area contributed by atoms with Crippen LogP contribution < -0.4 is 10.3 Å². The monoisotopic (exact) mass is 486 g/mol. The van der Waals surface area contributed by atoms with Gasteiger partial charge in [0.1, 0.15) is 11.6 Å². The minimum atomic E-state index is -3.50.